The molecule has 10 heteroatoms. The first-order valence-electron chi connectivity index (χ1n) is 12.4. The summed E-state index contributed by atoms with van der Waals surface area (Å²) in [4.78, 5) is 63.4. The average molecular weight is 535 g/mol. The van der Waals surface area contributed by atoms with Gasteiger partial charge in [0.2, 0.25) is 0 Å². The van der Waals surface area contributed by atoms with Gasteiger partial charge in [0, 0.05) is 37.4 Å². The number of hydrogen-bond donors (Lipinski definition) is 2. The van der Waals surface area contributed by atoms with Crippen LogP contribution in [0, 0.1) is 28.6 Å². The van der Waals surface area contributed by atoms with Crippen LogP contribution in [0.4, 0.5) is 0 Å². The molecule has 4 aliphatic carbocycles. The third kappa shape index (κ3) is 3.58. The lowest BCUT2D eigenvalue weighted by Gasteiger charge is -2.62. The minimum Gasteiger partial charge on any atom is -0.481 e. The van der Waals surface area contributed by atoms with Gasteiger partial charge in [0.15, 0.2) is 16.0 Å². The molecule has 2 heterocycles. The molecular formula is C26H30O8S2. The number of carbonyl (C=O) groups is 5. The Hall–Kier alpha value is -1.91. The van der Waals surface area contributed by atoms with E-state index in [2.05, 4.69) is 0 Å². The van der Waals surface area contributed by atoms with Crippen LogP contribution < -0.4 is 0 Å². The molecule has 0 aromatic rings. The standard InChI is InChI=1S/C26H30O8S2/c1-13(27)35-19-10-15-9-16(29)11-20(36-14(2)28)25(15)12-34-23(32)26-8-4-17(25)22(19)18(26)3-6-24(26,33)7-5-21(30)31/h9-10,17-18,20,22,33H,3-8,11-12H2,1-2H3,(H,30,31)/t17?,18-,20-,22+,24+,25-,26-/m0/s1. The lowest BCUT2D eigenvalue weighted by molar-refractivity contribution is -0.206. The van der Waals surface area contributed by atoms with Gasteiger partial charge in [-0.1, -0.05) is 23.5 Å². The molecule has 2 spiro atoms. The summed E-state index contributed by atoms with van der Waals surface area (Å²) in [5.74, 6) is -2.32. The first-order chi connectivity index (χ1) is 16.9. The highest BCUT2D eigenvalue weighted by Crippen LogP contribution is 2.71. The zero-order valence-corrected chi connectivity index (χ0v) is 21.9. The molecule has 36 heavy (non-hydrogen) atoms. The molecule has 4 fully saturated rings. The minimum atomic E-state index is -1.51. The third-order valence-electron chi connectivity index (χ3n) is 9.28. The lowest BCUT2D eigenvalue weighted by Crippen LogP contribution is -2.65. The van der Waals surface area contributed by atoms with Gasteiger partial charge in [-0.25, -0.2) is 0 Å². The molecule has 0 aromatic carbocycles. The molecule has 6 aliphatic rings. The fourth-order valence-electron chi connectivity index (χ4n) is 8.04. The topological polar surface area (TPSA) is 135 Å². The summed E-state index contributed by atoms with van der Waals surface area (Å²) in [7, 11) is 0. The molecule has 0 aromatic heterocycles. The smallest absolute Gasteiger partial charge is 0.315 e. The van der Waals surface area contributed by atoms with Gasteiger partial charge in [0.25, 0.3) is 0 Å². The first-order valence-corrected chi connectivity index (χ1v) is 14.1. The number of ketones is 1. The molecule has 2 saturated heterocycles. The summed E-state index contributed by atoms with van der Waals surface area (Å²) >= 11 is 2.22. The second kappa shape index (κ2) is 8.84. The summed E-state index contributed by atoms with van der Waals surface area (Å²) in [5, 5.41) is 20.5. The molecule has 8 nitrogen and oxygen atoms in total. The van der Waals surface area contributed by atoms with Gasteiger partial charge in [-0.2, -0.15) is 0 Å². The Kier molecular flexibility index (Phi) is 6.32. The van der Waals surface area contributed by atoms with Gasteiger partial charge in [-0.3, -0.25) is 24.0 Å². The molecular weight excluding hydrogens is 504 g/mol. The average Bonchev–Trinajstić information content (AvgIpc) is 3.08. The Morgan fingerprint density at radius 1 is 1.08 bits per heavy atom. The van der Waals surface area contributed by atoms with Crippen molar-refractivity contribution in [1.82, 2.24) is 0 Å². The van der Waals surface area contributed by atoms with Gasteiger partial charge in [-0.05, 0) is 72.5 Å². The fraction of sp³-hybridized carbons (Fsp3) is 0.654. The van der Waals surface area contributed by atoms with E-state index in [1.165, 1.54) is 13.8 Å². The van der Waals surface area contributed by atoms with E-state index in [0.717, 1.165) is 28.4 Å². The molecule has 4 bridgehead atoms. The lowest BCUT2D eigenvalue weighted by atomic mass is 9.46. The number of carboxylic acid groups (broad SMARTS) is 1. The van der Waals surface area contributed by atoms with Crippen LogP contribution in [0.25, 0.3) is 0 Å². The van der Waals surface area contributed by atoms with Crippen molar-refractivity contribution in [2.24, 2.45) is 28.6 Å². The second-order valence-corrected chi connectivity index (χ2v) is 13.5. The van der Waals surface area contributed by atoms with Crippen molar-refractivity contribution in [2.45, 2.75) is 69.6 Å². The van der Waals surface area contributed by atoms with E-state index in [1.54, 1.807) is 6.08 Å². The quantitative estimate of drug-likeness (QED) is 0.506. The van der Waals surface area contributed by atoms with Gasteiger partial charge in [0.1, 0.15) is 12.0 Å². The Balaban J connectivity index is 1.70. The van der Waals surface area contributed by atoms with Gasteiger partial charge < -0.3 is 14.9 Å². The van der Waals surface area contributed by atoms with Crippen molar-refractivity contribution in [3.8, 4) is 0 Å². The van der Waals surface area contributed by atoms with Crippen molar-refractivity contribution in [1.29, 1.82) is 0 Å². The number of aliphatic carboxylic acids is 1. The monoisotopic (exact) mass is 534 g/mol. The van der Waals surface area contributed by atoms with Crippen LogP contribution in [-0.2, 0) is 28.7 Å². The number of ether oxygens (including phenoxy) is 1. The zero-order valence-electron chi connectivity index (χ0n) is 20.3. The third-order valence-corrected chi connectivity index (χ3v) is 11.4. The summed E-state index contributed by atoms with van der Waals surface area (Å²) in [5.41, 5.74) is -2.80. The van der Waals surface area contributed by atoms with E-state index in [-0.39, 0.29) is 66.1 Å². The van der Waals surface area contributed by atoms with E-state index in [9.17, 15) is 34.2 Å². The summed E-state index contributed by atoms with van der Waals surface area (Å²) < 4.78 is 6.01. The molecule has 2 aliphatic heterocycles. The number of carbonyl (C=O) groups excluding carboxylic acids is 4. The summed E-state index contributed by atoms with van der Waals surface area (Å²) in [6.07, 6.45) is 5.00. The van der Waals surface area contributed by atoms with Crippen LogP contribution in [0.15, 0.2) is 22.6 Å². The SMILES string of the molecule is CC(=O)SC1=CC2=CC(=O)C[C@H](SC(C)=O)[C@@]23COC(=O)[C@]24CCC3[C@@H]1[C@@H]2CC[C@@]4(O)CCC(=O)O. The Morgan fingerprint density at radius 3 is 2.47 bits per heavy atom. The van der Waals surface area contributed by atoms with E-state index < -0.39 is 33.6 Å². The maximum Gasteiger partial charge on any atom is 0.315 e. The predicted molar refractivity (Wildman–Crippen MR) is 133 cm³/mol. The van der Waals surface area contributed by atoms with Crippen LogP contribution in [-0.4, -0.2) is 55.6 Å². The highest BCUT2D eigenvalue weighted by molar-refractivity contribution is 8.16. The number of rotatable bonds is 5. The van der Waals surface area contributed by atoms with E-state index in [0.29, 0.717) is 24.8 Å². The van der Waals surface area contributed by atoms with Gasteiger partial charge in [-0.15, -0.1) is 0 Å². The van der Waals surface area contributed by atoms with E-state index in [1.807, 2.05) is 6.08 Å². The van der Waals surface area contributed by atoms with Gasteiger partial charge in [0.05, 0.1) is 5.60 Å². The second-order valence-electron chi connectivity index (χ2n) is 10.8. The molecule has 0 amide bonds. The van der Waals surface area contributed by atoms with Crippen LogP contribution in [0.1, 0.15) is 58.8 Å². The molecule has 194 valence electrons. The molecule has 2 saturated carbocycles. The molecule has 6 rings (SSSR count). The Labute approximate surface area is 217 Å². The number of hydrogen-bond acceptors (Lipinski definition) is 9. The van der Waals surface area contributed by atoms with Crippen LogP contribution in [0.3, 0.4) is 0 Å². The number of aliphatic hydroxyl groups is 1. The molecule has 2 N–H and O–H groups in total. The number of allylic oxidation sites excluding steroid dienone is 3. The van der Waals surface area contributed by atoms with Crippen LogP contribution in [0.2, 0.25) is 0 Å². The molecule has 1 unspecified atom stereocenters. The van der Waals surface area contributed by atoms with E-state index in [4.69, 9.17) is 4.74 Å². The van der Waals surface area contributed by atoms with Crippen LogP contribution >= 0.6 is 23.5 Å². The van der Waals surface area contributed by atoms with Gasteiger partial charge >= 0.3 is 11.9 Å². The number of carboxylic acids is 1. The summed E-state index contributed by atoms with van der Waals surface area (Å²) in [6, 6.07) is 0. The molecule has 7 atom stereocenters. The fourth-order valence-corrected chi connectivity index (χ4v) is 10.3. The summed E-state index contributed by atoms with van der Waals surface area (Å²) in [6.45, 7) is 2.93. The van der Waals surface area contributed by atoms with Crippen molar-refractivity contribution < 1.29 is 38.9 Å². The number of fused-ring (bicyclic) bond motifs is 3. The normalized spacial score (nSPS) is 40.8. The van der Waals surface area contributed by atoms with Crippen molar-refractivity contribution >= 4 is 51.5 Å². The maximum atomic E-state index is 13.9. The Bertz CT molecular complexity index is 1130. The highest BCUT2D eigenvalue weighted by Gasteiger charge is 2.73. The zero-order chi connectivity index (χ0) is 26.0. The largest absolute Gasteiger partial charge is 0.481 e. The highest BCUT2D eigenvalue weighted by atomic mass is 32.2. The van der Waals surface area contributed by atoms with Crippen molar-refractivity contribution in [2.75, 3.05) is 6.61 Å². The number of esters is 1. The maximum absolute atomic E-state index is 13.9. The first kappa shape index (κ1) is 25.7. The van der Waals surface area contributed by atoms with Crippen molar-refractivity contribution in [3.63, 3.8) is 0 Å². The van der Waals surface area contributed by atoms with Crippen LogP contribution in [0.5, 0.6) is 0 Å². The Morgan fingerprint density at radius 2 is 1.81 bits per heavy atom. The number of thioether (sulfide) groups is 2. The minimum absolute atomic E-state index is 0.0188. The van der Waals surface area contributed by atoms with E-state index >= 15 is 0 Å². The predicted octanol–water partition coefficient (Wildman–Crippen LogP) is 3.27. The van der Waals surface area contributed by atoms with Crippen molar-refractivity contribution in [3.05, 3.63) is 22.6 Å². The molecule has 0 radical (unpaired) electrons.